The molecule has 23 heavy (non-hydrogen) atoms. The summed E-state index contributed by atoms with van der Waals surface area (Å²) in [4.78, 5) is 23.2. The monoisotopic (exact) mass is 342 g/mol. The van der Waals surface area contributed by atoms with Crippen molar-refractivity contribution in [3.05, 3.63) is 0 Å². The van der Waals surface area contributed by atoms with Crippen molar-refractivity contribution in [1.82, 2.24) is 30.8 Å². The zero-order chi connectivity index (χ0) is 16.7. The van der Waals surface area contributed by atoms with Crippen LogP contribution in [0, 0.1) is 0 Å². The Balaban J connectivity index is 1.72. The smallest absolute Gasteiger partial charge is 0.239 e. The van der Waals surface area contributed by atoms with Gasteiger partial charge < -0.3 is 15.4 Å². The Morgan fingerprint density at radius 2 is 2.26 bits per heavy atom. The Morgan fingerprint density at radius 3 is 2.96 bits per heavy atom. The van der Waals surface area contributed by atoms with Gasteiger partial charge in [0.1, 0.15) is 0 Å². The molecule has 0 saturated carbocycles. The van der Waals surface area contributed by atoms with Gasteiger partial charge in [-0.05, 0) is 37.1 Å². The minimum absolute atomic E-state index is 0.0293. The van der Waals surface area contributed by atoms with Gasteiger partial charge in [-0.15, -0.1) is 5.10 Å². The van der Waals surface area contributed by atoms with Gasteiger partial charge in [0.05, 0.1) is 24.9 Å². The molecule has 1 aromatic heterocycles. The van der Waals surface area contributed by atoms with Crippen LogP contribution in [0.1, 0.15) is 26.7 Å². The van der Waals surface area contributed by atoms with E-state index in [1.807, 2.05) is 13.8 Å². The average Bonchev–Trinajstić information content (AvgIpc) is 3.14. The van der Waals surface area contributed by atoms with E-state index >= 15 is 0 Å². The van der Waals surface area contributed by atoms with Gasteiger partial charge in [-0.1, -0.05) is 11.8 Å². The van der Waals surface area contributed by atoms with Gasteiger partial charge in [0.15, 0.2) is 0 Å². The van der Waals surface area contributed by atoms with Gasteiger partial charge in [0.25, 0.3) is 0 Å². The van der Waals surface area contributed by atoms with Crippen molar-refractivity contribution >= 4 is 23.6 Å². The highest BCUT2D eigenvalue weighted by atomic mass is 32.2. The van der Waals surface area contributed by atoms with E-state index in [1.165, 1.54) is 11.8 Å². The number of thioether (sulfide) groups is 1. The predicted molar refractivity (Wildman–Crippen MR) is 83.8 cm³/mol. The van der Waals surface area contributed by atoms with E-state index in [9.17, 15) is 9.59 Å². The van der Waals surface area contributed by atoms with Gasteiger partial charge in [0.2, 0.25) is 17.0 Å². The third-order valence-corrected chi connectivity index (χ3v) is 4.08. The van der Waals surface area contributed by atoms with E-state index in [0.717, 1.165) is 19.4 Å². The first-order chi connectivity index (χ1) is 11.0. The lowest BCUT2D eigenvalue weighted by atomic mass is 10.2. The van der Waals surface area contributed by atoms with Crippen LogP contribution in [-0.4, -0.2) is 63.1 Å². The first-order valence-electron chi connectivity index (χ1n) is 7.61. The van der Waals surface area contributed by atoms with Crippen molar-refractivity contribution in [3.8, 4) is 0 Å². The summed E-state index contributed by atoms with van der Waals surface area (Å²) in [7, 11) is 0. The number of hydrogen-bond donors (Lipinski definition) is 2. The zero-order valence-electron chi connectivity index (χ0n) is 13.3. The molecule has 0 aliphatic carbocycles. The lowest BCUT2D eigenvalue weighted by Crippen LogP contribution is -2.40. The van der Waals surface area contributed by atoms with Crippen LogP contribution in [0.5, 0.6) is 0 Å². The molecule has 2 heterocycles. The van der Waals surface area contributed by atoms with E-state index in [4.69, 9.17) is 4.74 Å². The van der Waals surface area contributed by atoms with Gasteiger partial charge in [-0.2, -0.15) is 0 Å². The molecule has 2 N–H and O–H groups in total. The number of carbonyl (C=O) groups is 2. The first kappa shape index (κ1) is 17.7. The maximum absolute atomic E-state index is 11.8. The molecule has 0 radical (unpaired) electrons. The maximum atomic E-state index is 11.8. The fraction of sp³-hybridized carbons (Fsp3) is 0.769. The molecule has 1 saturated heterocycles. The summed E-state index contributed by atoms with van der Waals surface area (Å²) in [5.74, 6) is -0.289. The highest BCUT2D eigenvalue weighted by Gasteiger charge is 2.19. The lowest BCUT2D eigenvalue weighted by molar-refractivity contribution is -0.125. The van der Waals surface area contributed by atoms with Crippen LogP contribution in [0.3, 0.4) is 0 Å². The highest BCUT2D eigenvalue weighted by Crippen LogP contribution is 2.18. The van der Waals surface area contributed by atoms with Crippen molar-refractivity contribution in [3.63, 3.8) is 0 Å². The number of hydrogen-bond acceptors (Lipinski definition) is 7. The summed E-state index contributed by atoms with van der Waals surface area (Å²) in [5, 5.41) is 17.3. The standard InChI is InChI=1S/C13H22N6O3S/c1-9(2)15-11(20)6-14-12(21)8-23-13-16-17-18-19(13)7-10-4-3-5-22-10/h9-10H,3-8H2,1-2H3,(H,14,21)(H,15,20)/t10-/m1/s1. The molecule has 9 nitrogen and oxygen atoms in total. The van der Waals surface area contributed by atoms with Gasteiger partial charge in [0, 0.05) is 12.6 Å². The van der Waals surface area contributed by atoms with E-state index in [-0.39, 0.29) is 36.3 Å². The molecule has 0 aromatic carbocycles. The molecular formula is C13H22N6O3S. The van der Waals surface area contributed by atoms with Crippen molar-refractivity contribution in [1.29, 1.82) is 0 Å². The highest BCUT2D eigenvalue weighted by molar-refractivity contribution is 7.99. The Hall–Kier alpha value is -1.68. The summed E-state index contributed by atoms with van der Waals surface area (Å²) in [6.07, 6.45) is 2.18. The second kappa shape index (κ2) is 8.82. The normalized spacial score (nSPS) is 17.4. The SMILES string of the molecule is CC(C)NC(=O)CNC(=O)CSc1nnnn1C[C@H]1CCCO1. The number of nitrogens with one attached hydrogen (secondary N) is 2. The topological polar surface area (TPSA) is 111 Å². The Labute approximate surface area is 138 Å². The molecular weight excluding hydrogens is 320 g/mol. The number of nitrogens with zero attached hydrogens (tertiary/aromatic N) is 4. The average molecular weight is 342 g/mol. The second-order valence-electron chi connectivity index (χ2n) is 5.57. The number of ether oxygens (including phenoxy) is 1. The van der Waals surface area contributed by atoms with Crippen LogP contribution in [-0.2, 0) is 20.9 Å². The molecule has 128 valence electrons. The molecule has 1 aromatic rings. The first-order valence-corrected chi connectivity index (χ1v) is 8.59. The van der Waals surface area contributed by atoms with Crippen molar-refractivity contribution in [2.24, 2.45) is 0 Å². The number of aromatic nitrogens is 4. The molecule has 1 aliphatic rings. The van der Waals surface area contributed by atoms with E-state index < -0.39 is 0 Å². The Bertz CT molecular complexity index is 530. The van der Waals surface area contributed by atoms with Gasteiger partial charge >= 0.3 is 0 Å². The minimum Gasteiger partial charge on any atom is -0.376 e. The largest absolute Gasteiger partial charge is 0.376 e. The summed E-state index contributed by atoms with van der Waals surface area (Å²) < 4.78 is 7.21. The van der Waals surface area contributed by atoms with Crippen molar-refractivity contribution < 1.29 is 14.3 Å². The quantitative estimate of drug-likeness (QED) is 0.618. The van der Waals surface area contributed by atoms with Crippen LogP contribution in [0.25, 0.3) is 0 Å². The summed E-state index contributed by atoms with van der Waals surface area (Å²) in [6, 6.07) is 0.0520. The van der Waals surface area contributed by atoms with E-state index in [0.29, 0.717) is 11.7 Å². The fourth-order valence-corrected chi connectivity index (χ4v) is 2.85. The second-order valence-corrected chi connectivity index (χ2v) is 6.51. The van der Waals surface area contributed by atoms with Crippen LogP contribution >= 0.6 is 11.8 Å². The Morgan fingerprint density at radius 1 is 1.43 bits per heavy atom. The molecule has 1 atom stereocenters. The van der Waals surface area contributed by atoms with Crippen LogP contribution in [0.2, 0.25) is 0 Å². The number of amides is 2. The Kier molecular flexibility index (Phi) is 6.78. The van der Waals surface area contributed by atoms with E-state index in [2.05, 4.69) is 26.2 Å². The number of tetrazole rings is 1. The summed E-state index contributed by atoms with van der Waals surface area (Å²) in [5.41, 5.74) is 0. The predicted octanol–water partition coefficient (Wildman–Crippen LogP) is -0.415. The van der Waals surface area contributed by atoms with Gasteiger partial charge in [-0.25, -0.2) is 4.68 Å². The minimum atomic E-state index is -0.236. The van der Waals surface area contributed by atoms with Gasteiger partial charge in [-0.3, -0.25) is 9.59 Å². The summed E-state index contributed by atoms with van der Waals surface area (Å²) in [6.45, 7) is 5.06. The zero-order valence-corrected chi connectivity index (χ0v) is 14.1. The lowest BCUT2D eigenvalue weighted by Gasteiger charge is -2.10. The van der Waals surface area contributed by atoms with Crippen LogP contribution < -0.4 is 10.6 Å². The molecule has 1 fully saturated rings. The maximum Gasteiger partial charge on any atom is 0.239 e. The molecule has 0 unspecified atom stereocenters. The molecule has 10 heteroatoms. The molecule has 2 amide bonds. The van der Waals surface area contributed by atoms with Crippen LogP contribution in [0.15, 0.2) is 5.16 Å². The molecule has 0 bridgehead atoms. The molecule has 1 aliphatic heterocycles. The third kappa shape index (κ3) is 6.14. The number of carbonyl (C=O) groups excluding carboxylic acids is 2. The molecule has 0 spiro atoms. The van der Waals surface area contributed by atoms with Crippen LogP contribution in [0.4, 0.5) is 0 Å². The summed E-state index contributed by atoms with van der Waals surface area (Å²) >= 11 is 1.24. The van der Waals surface area contributed by atoms with E-state index in [1.54, 1.807) is 4.68 Å². The van der Waals surface area contributed by atoms with Crippen molar-refractivity contribution in [2.45, 2.75) is 50.5 Å². The molecule has 2 rings (SSSR count). The fourth-order valence-electron chi connectivity index (χ4n) is 2.13. The number of rotatable bonds is 8. The van der Waals surface area contributed by atoms with Crippen molar-refractivity contribution in [2.75, 3.05) is 18.9 Å². The third-order valence-electron chi connectivity index (χ3n) is 3.13.